The van der Waals surface area contributed by atoms with E-state index < -0.39 is 0 Å². The van der Waals surface area contributed by atoms with Gasteiger partial charge >= 0.3 is 0 Å². The predicted molar refractivity (Wildman–Crippen MR) is 85.4 cm³/mol. The molecule has 116 valence electrons. The predicted octanol–water partition coefficient (Wildman–Crippen LogP) is 1.89. The summed E-state index contributed by atoms with van der Waals surface area (Å²) in [6.45, 7) is 10.9. The summed E-state index contributed by atoms with van der Waals surface area (Å²) in [4.78, 5) is 14.4. The molecule has 3 rings (SSSR count). The Labute approximate surface area is 127 Å². The fraction of sp³-hybridized carbons (Fsp3) is 0.750. The lowest BCUT2D eigenvalue weighted by Crippen LogP contribution is -2.35. The lowest BCUT2D eigenvalue weighted by molar-refractivity contribution is 0.228. The summed E-state index contributed by atoms with van der Waals surface area (Å²) in [5.41, 5.74) is 1.05. The van der Waals surface area contributed by atoms with Crippen LogP contribution in [-0.2, 0) is 6.54 Å². The molecule has 0 aromatic carbocycles. The summed E-state index contributed by atoms with van der Waals surface area (Å²) in [5, 5.41) is 3.29. The standard InChI is InChI=1S/C16H27N5/c1-3-17-15-10-13(2)18-16(19-15)12-20-9-6-14(11-20)21-7-4-5-8-21/h10,14H,3-9,11-12H2,1-2H3,(H,17,18,19). The number of hydrogen-bond acceptors (Lipinski definition) is 5. The zero-order valence-electron chi connectivity index (χ0n) is 13.3. The highest BCUT2D eigenvalue weighted by atomic mass is 15.3. The molecular formula is C16H27N5. The molecule has 2 fully saturated rings. The first-order chi connectivity index (χ1) is 10.2. The number of anilines is 1. The van der Waals surface area contributed by atoms with E-state index in [1.165, 1.54) is 45.4 Å². The minimum atomic E-state index is 0.755. The molecule has 0 amide bonds. The third-order valence-corrected chi connectivity index (χ3v) is 4.53. The van der Waals surface area contributed by atoms with Crippen molar-refractivity contribution in [3.63, 3.8) is 0 Å². The van der Waals surface area contributed by atoms with Gasteiger partial charge in [0.25, 0.3) is 0 Å². The molecular weight excluding hydrogens is 262 g/mol. The smallest absolute Gasteiger partial charge is 0.144 e. The van der Waals surface area contributed by atoms with Crippen molar-refractivity contribution in [2.45, 2.75) is 45.7 Å². The maximum atomic E-state index is 4.63. The average Bonchev–Trinajstić information content (AvgIpc) is 3.08. The molecule has 5 nitrogen and oxygen atoms in total. The summed E-state index contributed by atoms with van der Waals surface area (Å²) in [5.74, 6) is 1.91. The highest BCUT2D eigenvalue weighted by molar-refractivity contribution is 5.35. The fourth-order valence-corrected chi connectivity index (χ4v) is 3.53. The molecule has 0 bridgehead atoms. The summed E-state index contributed by atoms with van der Waals surface area (Å²) in [6.07, 6.45) is 4.05. The van der Waals surface area contributed by atoms with Gasteiger partial charge in [0.05, 0.1) is 6.54 Å². The van der Waals surface area contributed by atoms with Crippen LogP contribution in [0.1, 0.15) is 37.7 Å². The van der Waals surface area contributed by atoms with Crippen LogP contribution in [0.25, 0.3) is 0 Å². The Kier molecular flexibility index (Phi) is 4.70. The van der Waals surface area contributed by atoms with Crippen LogP contribution in [-0.4, -0.2) is 58.5 Å². The van der Waals surface area contributed by atoms with E-state index in [1.807, 2.05) is 13.0 Å². The molecule has 0 saturated carbocycles. The Bertz CT molecular complexity index is 470. The van der Waals surface area contributed by atoms with Gasteiger partial charge in [0, 0.05) is 37.4 Å². The molecule has 0 radical (unpaired) electrons. The first-order valence-electron chi connectivity index (χ1n) is 8.29. The van der Waals surface area contributed by atoms with Crippen molar-refractivity contribution in [1.82, 2.24) is 19.8 Å². The van der Waals surface area contributed by atoms with E-state index in [2.05, 4.69) is 32.0 Å². The fourth-order valence-electron chi connectivity index (χ4n) is 3.53. The highest BCUT2D eigenvalue weighted by Gasteiger charge is 2.29. The van der Waals surface area contributed by atoms with Crippen LogP contribution in [0.5, 0.6) is 0 Å². The molecule has 2 aliphatic rings. The van der Waals surface area contributed by atoms with E-state index in [4.69, 9.17) is 0 Å². The van der Waals surface area contributed by atoms with Crippen LogP contribution in [0.4, 0.5) is 5.82 Å². The second kappa shape index (κ2) is 6.71. The highest BCUT2D eigenvalue weighted by Crippen LogP contribution is 2.21. The zero-order chi connectivity index (χ0) is 14.7. The van der Waals surface area contributed by atoms with Crippen molar-refractivity contribution in [2.75, 3.05) is 38.0 Å². The molecule has 1 unspecified atom stereocenters. The van der Waals surface area contributed by atoms with Crippen molar-refractivity contribution < 1.29 is 0 Å². The molecule has 3 heterocycles. The third kappa shape index (κ3) is 3.71. The number of hydrogen-bond donors (Lipinski definition) is 1. The summed E-state index contributed by atoms with van der Waals surface area (Å²) >= 11 is 0. The maximum absolute atomic E-state index is 4.63. The van der Waals surface area contributed by atoms with Gasteiger partial charge in [0.15, 0.2) is 0 Å². The van der Waals surface area contributed by atoms with Gasteiger partial charge in [-0.15, -0.1) is 0 Å². The summed E-state index contributed by atoms with van der Waals surface area (Å²) in [6, 6.07) is 2.77. The van der Waals surface area contributed by atoms with Crippen molar-refractivity contribution in [1.29, 1.82) is 0 Å². The molecule has 1 atom stereocenters. The van der Waals surface area contributed by atoms with Gasteiger partial charge in [0.2, 0.25) is 0 Å². The van der Waals surface area contributed by atoms with Crippen LogP contribution in [0, 0.1) is 6.92 Å². The number of rotatable bonds is 5. The minimum Gasteiger partial charge on any atom is -0.370 e. The molecule has 1 aromatic rings. The molecule has 0 aliphatic carbocycles. The van der Waals surface area contributed by atoms with Gasteiger partial charge in [-0.05, 0) is 46.2 Å². The Morgan fingerprint density at radius 2 is 2.05 bits per heavy atom. The molecule has 2 saturated heterocycles. The third-order valence-electron chi connectivity index (χ3n) is 4.53. The van der Waals surface area contributed by atoms with Crippen molar-refractivity contribution in [3.05, 3.63) is 17.6 Å². The van der Waals surface area contributed by atoms with Crippen LogP contribution in [0.15, 0.2) is 6.07 Å². The Balaban J connectivity index is 1.59. The van der Waals surface area contributed by atoms with Crippen molar-refractivity contribution in [2.24, 2.45) is 0 Å². The number of nitrogens with zero attached hydrogens (tertiary/aromatic N) is 4. The average molecular weight is 289 g/mol. The van der Waals surface area contributed by atoms with Gasteiger partial charge in [-0.2, -0.15) is 0 Å². The van der Waals surface area contributed by atoms with E-state index in [-0.39, 0.29) is 0 Å². The second-order valence-corrected chi connectivity index (χ2v) is 6.26. The molecule has 5 heteroatoms. The first kappa shape index (κ1) is 14.7. The number of aryl methyl sites for hydroxylation is 1. The Morgan fingerprint density at radius 3 is 2.81 bits per heavy atom. The maximum Gasteiger partial charge on any atom is 0.144 e. The first-order valence-corrected chi connectivity index (χ1v) is 8.29. The number of likely N-dealkylation sites (tertiary alicyclic amines) is 2. The molecule has 1 N–H and O–H groups in total. The molecule has 21 heavy (non-hydrogen) atoms. The normalized spacial score (nSPS) is 23.8. The lowest BCUT2D eigenvalue weighted by atomic mass is 10.2. The summed E-state index contributed by atoms with van der Waals surface area (Å²) in [7, 11) is 0. The second-order valence-electron chi connectivity index (χ2n) is 6.26. The van der Waals surface area contributed by atoms with Gasteiger partial charge in [-0.1, -0.05) is 0 Å². The Hall–Kier alpha value is -1.20. The van der Waals surface area contributed by atoms with Crippen LogP contribution >= 0.6 is 0 Å². The molecule has 1 aromatic heterocycles. The topological polar surface area (TPSA) is 44.3 Å². The van der Waals surface area contributed by atoms with E-state index in [0.29, 0.717) is 0 Å². The van der Waals surface area contributed by atoms with Crippen LogP contribution in [0.2, 0.25) is 0 Å². The van der Waals surface area contributed by atoms with Crippen LogP contribution in [0.3, 0.4) is 0 Å². The van der Waals surface area contributed by atoms with E-state index in [9.17, 15) is 0 Å². The lowest BCUT2D eigenvalue weighted by Gasteiger charge is -2.23. The van der Waals surface area contributed by atoms with E-state index >= 15 is 0 Å². The molecule has 2 aliphatic heterocycles. The minimum absolute atomic E-state index is 0.755. The van der Waals surface area contributed by atoms with Crippen molar-refractivity contribution in [3.8, 4) is 0 Å². The van der Waals surface area contributed by atoms with Gasteiger partial charge in [-0.3, -0.25) is 9.80 Å². The molecule has 0 spiro atoms. The van der Waals surface area contributed by atoms with Gasteiger partial charge in [-0.25, -0.2) is 9.97 Å². The van der Waals surface area contributed by atoms with Gasteiger partial charge in [0.1, 0.15) is 11.6 Å². The number of nitrogens with one attached hydrogen (secondary N) is 1. The van der Waals surface area contributed by atoms with E-state index in [1.54, 1.807) is 0 Å². The monoisotopic (exact) mass is 289 g/mol. The number of aromatic nitrogens is 2. The quantitative estimate of drug-likeness (QED) is 0.897. The van der Waals surface area contributed by atoms with Crippen molar-refractivity contribution >= 4 is 5.82 Å². The van der Waals surface area contributed by atoms with Gasteiger partial charge < -0.3 is 5.32 Å². The van der Waals surface area contributed by atoms with Crippen LogP contribution < -0.4 is 5.32 Å². The SMILES string of the molecule is CCNc1cc(C)nc(CN2CCC(N3CCCC3)C2)n1. The van der Waals surface area contributed by atoms with E-state index in [0.717, 1.165) is 36.5 Å². The largest absolute Gasteiger partial charge is 0.370 e. The summed E-state index contributed by atoms with van der Waals surface area (Å²) < 4.78 is 0. The Morgan fingerprint density at radius 1 is 1.24 bits per heavy atom. The zero-order valence-corrected chi connectivity index (χ0v) is 13.3.